The van der Waals surface area contributed by atoms with E-state index < -0.39 is 28.8 Å². The van der Waals surface area contributed by atoms with Crippen LogP contribution in [0.4, 0.5) is 23.7 Å². The molecule has 0 bridgehead atoms. The Morgan fingerprint density at radius 2 is 1.84 bits per heavy atom. The van der Waals surface area contributed by atoms with Crippen LogP contribution in [-0.4, -0.2) is 22.0 Å². The molecule has 3 rings (SSSR count). The summed E-state index contributed by atoms with van der Waals surface area (Å²) in [5, 5.41) is 2.10. The first-order valence-corrected chi connectivity index (χ1v) is 10.3. The van der Waals surface area contributed by atoms with Gasteiger partial charge in [-0.1, -0.05) is 30.8 Å². The number of rotatable bonds is 5. The molecule has 160 valence electrons. The summed E-state index contributed by atoms with van der Waals surface area (Å²) < 4.78 is 38.2. The van der Waals surface area contributed by atoms with Gasteiger partial charge in [0.1, 0.15) is 0 Å². The molecule has 10 heteroatoms. The van der Waals surface area contributed by atoms with Crippen LogP contribution in [0.25, 0.3) is 6.08 Å². The fourth-order valence-corrected chi connectivity index (χ4v) is 3.61. The first-order valence-electron chi connectivity index (χ1n) is 8.72. The highest BCUT2D eigenvalue weighted by Crippen LogP contribution is 2.34. The van der Waals surface area contributed by atoms with Crippen molar-refractivity contribution in [2.45, 2.75) is 12.7 Å². The Morgan fingerprint density at radius 3 is 2.45 bits per heavy atom. The molecule has 0 atom stereocenters. The summed E-state index contributed by atoms with van der Waals surface area (Å²) in [6, 6.07) is 10.9. The lowest BCUT2D eigenvalue weighted by molar-refractivity contribution is -0.137. The second-order valence-electron chi connectivity index (χ2n) is 6.45. The highest BCUT2D eigenvalue weighted by molar-refractivity contribution is 9.12. The van der Waals surface area contributed by atoms with Crippen molar-refractivity contribution in [1.29, 1.82) is 0 Å². The average Bonchev–Trinajstić information content (AvgIpc) is 2.95. The van der Waals surface area contributed by atoms with Crippen LogP contribution in [0.1, 0.15) is 16.7 Å². The van der Waals surface area contributed by atoms with Crippen LogP contribution < -0.4 is 5.32 Å². The predicted molar refractivity (Wildman–Crippen MR) is 116 cm³/mol. The minimum atomic E-state index is -4.46. The van der Waals surface area contributed by atoms with Crippen molar-refractivity contribution in [2.75, 3.05) is 5.32 Å². The minimum absolute atomic E-state index is 0.135. The number of carbonyl (C=O) groups excluding carboxylic acids is 3. The van der Waals surface area contributed by atoms with Gasteiger partial charge in [0.2, 0.25) is 0 Å². The molecule has 3 amide bonds. The summed E-state index contributed by atoms with van der Waals surface area (Å²) in [6.45, 7) is 3.35. The topological polar surface area (TPSA) is 66.5 Å². The largest absolute Gasteiger partial charge is 0.416 e. The predicted octanol–water partition coefficient (Wildman–Crippen LogP) is 5.79. The summed E-state index contributed by atoms with van der Waals surface area (Å²) in [5.74, 6) is -0.966. The molecular weight excluding hydrogens is 497 g/mol. The van der Waals surface area contributed by atoms with Gasteiger partial charge in [0.25, 0.3) is 17.1 Å². The molecule has 0 aliphatic carbocycles. The maximum Gasteiger partial charge on any atom is 0.416 e. The molecule has 1 aliphatic heterocycles. The molecule has 1 fully saturated rings. The van der Waals surface area contributed by atoms with Crippen molar-refractivity contribution in [3.8, 4) is 0 Å². The van der Waals surface area contributed by atoms with Crippen LogP contribution in [0.15, 0.2) is 64.5 Å². The summed E-state index contributed by atoms with van der Waals surface area (Å²) in [5.41, 5.74) is 0.651. The summed E-state index contributed by atoms with van der Waals surface area (Å²) in [7, 11) is 0. The van der Waals surface area contributed by atoms with Crippen molar-refractivity contribution in [1.82, 2.24) is 4.90 Å². The molecule has 31 heavy (non-hydrogen) atoms. The highest BCUT2D eigenvalue weighted by atomic mass is 79.9. The summed E-state index contributed by atoms with van der Waals surface area (Å²) >= 11 is 3.72. The van der Waals surface area contributed by atoms with Gasteiger partial charge in [0, 0.05) is 5.69 Å². The highest BCUT2D eigenvalue weighted by Gasteiger charge is 2.35. The zero-order valence-corrected chi connectivity index (χ0v) is 18.1. The lowest BCUT2D eigenvalue weighted by Crippen LogP contribution is -2.27. The van der Waals surface area contributed by atoms with Crippen molar-refractivity contribution in [2.24, 2.45) is 0 Å². The number of benzene rings is 2. The van der Waals surface area contributed by atoms with E-state index in [1.165, 1.54) is 18.2 Å². The van der Waals surface area contributed by atoms with Crippen LogP contribution >= 0.6 is 27.7 Å². The molecule has 1 heterocycles. The number of hydrogen-bond donors (Lipinski definition) is 1. The number of nitrogens with one attached hydrogen (secondary N) is 1. The normalized spacial score (nSPS) is 15.5. The number of carbonyl (C=O) groups is 3. The SMILES string of the molecule is C=C(Br)C(=O)Nc1cccc(/C=C2\SC(=O)N(Cc3ccc(C(F)(F)F)cc3)C2=O)c1. The Hall–Kier alpha value is -2.85. The van der Waals surface area contributed by atoms with Gasteiger partial charge in [0.05, 0.1) is 21.5 Å². The molecule has 5 nitrogen and oxygen atoms in total. The van der Waals surface area contributed by atoms with Gasteiger partial charge in [-0.05, 0) is 69.2 Å². The quantitative estimate of drug-likeness (QED) is 0.517. The Morgan fingerprint density at radius 1 is 1.16 bits per heavy atom. The van der Waals surface area contributed by atoms with Gasteiger partial charge in [-0.15, -0.1) is 0 Å². The second kappa shape index (κ2) is 9.11. The minimum Gasteiger partial charge on any atom is -0.322 e. The van der Waals surface area contributed by atoms with Crippen LogP contribution in [0.2, 0.25) is 0 Å². The van der Waals surface area contributed by atoms with E-state index >= 15 is 0 Å². The van der Waals surface area contributed by atoms with Gasteiger partial charge in [-0.2, -0.15) is 13.2 Å². The van der Waals surface area contributed by atoms with Gasteiger partial charge in [-0.25, -0.2) is 0 Å². The van der Waals surface area contributed by atoms with Crippen molar-refractivity contribution in [3.05, 3.63) is 81.2 Å². The number of alkyl halides is 3. The Bertz CT molecular complexity index is 1100. The Balaban J connectivity index is 1.75. The first-order chi connectivity index (χ1) is 14.5. The van der Waals surface area contributed by atoms with Gasteiger partial charge in [-0.3, -0.25) is 19.3 Å². The molecule has 1 saturated heterocycles. The number of halogens is 4. The third-order valence-electron chi connectivity index (χ3n) is 4.18. The van der Waals surface area contributed by atoms with E-state index in [9.17, 15) is 27.6 Å². The smallest absolute Gasteiger partial charge is 0.322 e. The lowest BCUT2D eigenvalue weighted by atomic mass is 10.1. The third-order valence-corrected chi connectivity index (χ3v) is 5.45. The van der Waals surface area contributed by atoms with Crippen LogP contribution in [-0.2, 0) is 22.3 Å². The zero-order chi connectivity index (χ0) is 22.8. The number of nitrogens with zero attached hydrogens (tertiary/aromatic N) is 1. The third kappa shape index (κ3) is 5.65. The molecule has 0 aromatic heterocycles. The standard InChI is InChI=1S/C21H14BrF3N2O3S/c1-12(22)18(28)26-16-4-2-3-14(9-16)10-17-19(29)27(20(30)31-17)11-13-5-7-15(8-6-13)21(23,24)25/h2-10H,1,11H2,(H,26,28)/b17-10-. The van der Waals surface area contributed by atoms with E-state index in [1.807, 2.05) is 0 Å². The number of imide groups is 1. The fourth-order valence-electron chi connectivity index (χ4n) is 2.67. The van der Waals surface area contributed by atoms with Gasteiger partial charge < -0.3 is 5.32 Å². The molecule has 2 aromatic carbocycles. The molecule has 0 spiro atoms. The van der Waals surface area contributed by atoms with Crippen molar-refractivity contribution in [3.63, 3.8) is 0 Å². The molecule has 2 aromatic rings. The number of hydrogen-bond acceptors (Lipinski definition) is 4. The average molecular weight is 511 g/mol. The van der Waals surface area contributed by atoms with Gasteiger partial charge >= 0.3 is 6.18 Å². The second-order valence-corrected chi connectivity index (χ2v) is 8.40. The van der Waals surface area contributed by atoms with Crippen LogP contribution in [0.5, 0.6) is 0 Å². The Kier molecular flexibility index (Phi) is 6.71. The molecule has 0 unspecified atom stereocenters. The van der Waals surface area contributed by atoms with Crippen LogP contribution in [0, 0.1) is 0 Å². The number of amides is 3. The van der Waals surface area contributed by atoms with E-state index in [2.05, 4.69) is 27.8 Å². The van der Waals surface area contributed by atoms with E-state index in [4.69, 9.17) is 0 Å². The molecular formula is C21H14BrF3N2O3S. The van der Waals surface area contributed by atoms with Crippen molar-refractivity contribution < 1.29 is 27.6 Å². The lowest BCUT2D eigenvalue weighted by Gasteiger charge is -2.13. The number of thioether (sulfide) groups is 1. The molecule has 0 saturated carbocycles. The summed E-state index contributed by atoms with van der Waals surface area (Å²) in [6.07, 6.45) is -2.95. The molecule has 1 aliphatic rings. The van der Waals surface area contributed by atoms with E-state index in [-0.39, 0.29) is 15.9 Å². The molecule has 0 radical (unpaired) electrons. The van der Waals surface area contributed by atoms with E-state index in [0.29, 0.717) is 16.8 Å². The van der Waals surface area contributed by atoms with Crippen LogP contribution in [0.3, 0.4) is 0 Å². The number of anilines is 1. The first kappa shape index (κ1) is 22.8. The summed E-state index contributed by atoms with van der Waals surface area (Å²) in [4.78, 5) is 37.8. The van der Waals surface area contributed by atoms with Crippen molar-refractivity contribution >= 4 is 56.5 Å². The fraction of sp³-hybridized carbons (Fsp3) is 0.0952. The van der Waals surface area contributed by atoms with E-state index in [1.54, 1.807) is 24.3 Å². The van der Waals surface area contributed by atoms with Gasteiger partial charge in [0.15, 0.2) is 0 Å². The maximum absolute atomic E-state index is 12.7. The molecule has 1 N–H and O–H groups in total. The zero-order valence-electron chi connectivity index (χ0n) is 15.7. The monoisotopic (exact) mass is 510 g/mol. The maximum atomic E-state index is 12.7. The Labute approximate surface area is 188 Å². The van der Waals surface area contributed by atoms with E-state index in [0.717, 1.165) is 28.8 Å².